The van der Waals surface area contributed by atoms with Crippen molar-refractivity contribution in [1.29, 1.82) is 0 Å². The molecule has 7 heteroatoms. The minimum absolute atomic E-state index is 0.0137. The average Bonchev–Trinajstić information content (AvgIpc) is 2.59. The van der Waals surface area contributed by atoms with Gasteiger partial charge in [-0.05, 0) is 36.4 Å². The highest BCUT2D eigenvalue weighted by Crippen LogP contribution is 2.31. The van der Waals surface area contributed by atoms with Crippen molar-refractivity contribution < 1.29 is 23.9 Å². The highest BCUT2D eigenvalue weighted by molar-refractivity contribution is 5.98. The number of rotatable bonds is 5. The van der Waals surface area contributed by atoms with E-state index in [2.05, 4.69) is 10.6 Å². The van der Waals surface area contributed by atoms with Crippen LogP contribution in [0.2, 0.25) is 0 Å². The van der Waals surface area contributed by atoms with Crippen LogP contribution in [0.1, 0.15) is 17.3 Å². The number of hydrogen-bond acceptors (Lipinski definition) is 5. The fraction of sp³-hybridized carbons (Fsp3) is 0.167. The minimum atomic E-state index is -0.236. The maximum atomic E-state index is 12.2. The van der Waals surface area contributed by atoms with E-state index in [9.17, 15) is 14.4 Å². The van der Waals surface area contributed by atoms with Crippen LogP contribution >= 0.6 is 0 Å². The molecule has 3 rings (SSSR count). The molecule has 0 bridgehead atoms. The summed E-state index contributed by atoms with van der Waals surface area (Å²) in [7, 11) is 0. The third-order valence-corrected chi connectivity index (χ3v) is 3.48. The first kappa shape index (κ1) is 16.5. The summed E-state index contributed by atoms with van der Waals surface area (Å²) in [5, 5.41) is 5.31. The summed E-state index contributed by atoms with van der Waals surface area (Å²) < 4.78 is 10.8. The Labute approximate surface area is 143 Å². The molecule has 2 aromatic carbocycles. The number of ketones is 1. The molecule has 2 aromatic rings. The van der Waals surface area contributed by atoms with E-state index >= 15 is 0 Å². The molecule has 0 unspecified atom stereocenters. The summed E-state index contributed by atoms with van der Waals surface area (Å²) >= 11 is 0. The number of ether oxygens (including phenoxy) is 2. The minimum Gasteiger partial charge on any atom is -0.485 e. The van der Waals surface area contributed by atoms with Gasteiger partial charge in [-0.15, -0.1) is 0 Å². The zero-order chi connectivity index (χ0) is 17.8. The average molecular weight is 340 g/mol. The lowest BCUT2D eigenvalue weighted by molar-refractivity contribution is -0.118. The van der Waals surface area contributed by atoms with Crippen LogP contribution in [0.15, 0.2) is 42.5 Å². The van der Waals surface area contributed by atoms with Crippen LogP contribution < -0.4 is 20.1 Å². The molecule has 0 fully saturated rings. The third-order valence-electron chi connectivity index (χ3n) is 3.48. The predicted molar refractivity (Wildman–Crippen MR) is 91.1 cm³/mol. The molecule has 2 amide bonds. The predicted octanol–water partition coefficient (Wildman–Crippen LogP) is 2.24. The number of fused-ring (bicyclic) bond motifs is 1. The van der Waals surface area contributed by atoms with Crippen molar-refractivity contribution in [3.8, 4) is 11.5 Å². The maximum Gasteiger partial charge on any atom is 0.262 e. The van der Waals surface area contributed by atoms with Gasteiger partial charge in [0.25, 0.3) is 5.91 Å². The molecule has 7 nitrogen and oxygen atoms in total. The van der Waals surface area contributed by atoms with Crippen molar-refractivity contribution in [2.24, 2.45) is 0 Å². The first-order chi connectivity index (χ1) is 12.0. The lowest BCUT2D eigenvalue weighted by atomic mass is 10.1. The van der Waals surface area contributed by atoms with Crippen molar-refractivity contribution >= 4 is 29.0 Å². The molecule has 1 aliphatic rings. The van der Waals surface area contributed by atoms with Crippen LogP contribution in [0.4, 0.5) is 11.4 Å². The van der Waals surface area contributed by atoms with Gasteiger partial charge in [-0.25, -0.2) is 0 Å². The van der Waals surface area contributed by atoms with Crippen LogP contribution in [0.25, 0.3) is 0 Å². The van der Waals surface area contributed by atoms with E-state index in [0.29, 0.717) is 28.4 Å². The largest absolute Gasteiger partial charge is 0.485 e. The fourth-order valence-electron chi connectivity index (χ4n) is 2.33. The van der Waals surface area contributed by atoms with E-state index in [4.69, 9.17) is 9.47 Å². The fourth-order valence-corrected chi connectivity index (χ4v) is 2.33. The third kappa shape index (κ3) is 4.14. The molecule has 1 aliphatic heterocycles. The number of carbonyl (C=O) groups is 3. The Morgan fingerprint density at radius 2 is 1.96 bits per heavy atom. The Bertz CT molecular complexity index is 830. The van der Waals surface area contributed by atoms with Crippen molar-refractivity contribution in [1.82, 2.24) is 0 Å². The molecule has 0 aromatic heterocycles. The van der Waals surface area contributed by atoms with Gasteiger partial charge in [0, 0.05) is 24.2 Å². The van der Waals surface area contributed by atoms with Crippen LogP contribution in [0, 0.1) is 0 Å². The van der Waals surface area contributed by atoms with Crippen LogP contribution in [0.3, 0.4) is 0 Å². The maximum absolute atomic E-state index is 12.2. The molecule has 2 N–H and O–H groups in total. The lowest BCUT2D eigenvalue weighted by Gasteiger charge is -2.18. The molecule has 25 heavy (non-hydrogen) atoms. The van der Waals surface area contributed by atoms with Gasteiger partial charge < -0.3 is 20.1 Å². The molecule has 0 saturated heterocycles. The Balaban J connectivity index is 1.61. The summed E-state index contributed by atoms with van der Waals surface area (Å²) in [6.07, 6.45) is 0. The van der Waals surface area contributed by atoms with Gasteiger partial charge in [0.1, 0.15) is 11.5 Å². The van der Waals surface area contributed by atoms with Gasteiger partial charge in [0.2, 0.25) is 5.91 Å². The van der Waals surface area contributed by atoms with Gasteiger partial charge in [-0.1, -0.05) is 0 Å². The van der Waals surface area contributed by atoms with Crippen LogP contribution in [0.5, 0.6) is 11.5 Å². The molecule has 0 atom stereocenters. The summed E-state index contributed by atoms with van der Waals surface area (Å²) in [4.78, 5) is 34.5. The number of hydrogen-bond donors (Lipinski definition) is 2. The highest BCUT2D eigenvalue weighted by atomic mass is 16.5. The number of carbonyl (C=O) groups excluding carboxylic acids is 3. The topological polar surface area (TPSA) is 93.7 Å². The number of amides is 2. The molecular weight excluding hydrogens is 324 g/mol. The van der Waals surface area contributed by atoms with Crippen LogP contribution in [-0.2, 0) is 9.59 Å². The molecule has 1 heterocycles. The Morgan fingerprint density at radius 1 is 1.20 bits per heavy atom. The van der Waals surface area contributed by atoms with E-state index < -0.39 is 0 Å². The lowest BCUT2D eigenvalue weighted by Crippen LogP contribution is -2.25. The van der Waals surface area contributed by atoms with E-state index in [1.165, 1.54) is 6.92 Å². The normalized spacial score (nSPS) is 12.4. The SMILES string of the molecule is CC(=O)Nc1ccc(C(=O)COc2ccc3c(c2)NC(=O)CO3)cc1. The van der Waals surface area contributed by atoms with E-state index in [1.807, 2.05) is 0 Å². The van der Waals surface area contributed by atoms with Crippen molar-refractivity contribution in [3.05, 3.63) is 48.0 Å². The Hall–Kier alpha value is -3.35. The standard InChI is InChI=1S/C18H16N2O5/c1-11(21)19-13-4-2-12(3-5-13)16(22)9-24-14-6-7-17-15(8-14)20-18(23)10-25-17/h2-8H,9-10H2,1H3,(H,19,21)(H,20,23). The van der Waals surface area contributed by atoms with E-state index in [-0.39, 0.29) is 30.8 Å². The Kier molecular flexibility index (Phi) is 4.65. The second kappa shape index (κ2) is 7.04. The van der Waals surface area contributed by atoms with Crippen molar-refractivity contribution in [2.45, 2.75) is 6.92 Å². The van der Waals surface area contributed by atoms with Crippen molar-refractivity contribution in [2.75, 3.05) is 23.8 Å². The first-order valence-corrected chi connectivity index (χ1v) is 7.61. The second-order valence-corrected chi connectivity index (χ2v) is 5.47. The smallest absolute Gasteiger partial charge is 0.262 e. The first-order valence-electron chi connectivity index (χ1n) is 7.61. The molecule has 0 radical (unpaired) electrons. The summed E-state index contributed by atoms with van der Waals surface area (Å²) in [5.74, 6) is 0.401. The summed E-state index contributed by atoms with van der Waals surface area (Å²) in [6, 6.07) is 11.5. The number of benzene rings is 2. The summed E-state index contributed by atoms with van der Waals surface area (Å²) in [5.41, 5.74) is 1.61. The zero-order valence-electron chi connectivity index (χ0n) is 13.5. The van der Waals surface area contributed by atoms with Gasteiger partial charge in [0.05, 0.1) is 5.69 Å². The Morgan fingerprint density at radius 3 is 2.68 bits per heavy atom. The van der Waals surface area contributed by atoms with Gasteiger partial charge >= 0.3 is 0 Å². The van der Waals surface area contributed by atoms with Crippen LogP contribution in [-0.4, -0.2) is 30.8 Å². The quantitative estimate of drug-likeness (QED) is 0.814. The monoisotopic (exact) mass is 340 g/mol. The highest BCUT2D eigenvalue weighted by Gasteiger charge is 2.16. The van der Waals surface area contributed by atoms with Gasteiger partial charge in [0.15, 0.2) is 19.0 Å². The number of Topliss-reactive ketones (excluding diaryl/α,β-unsaturated/α-hetero) is 1. The molecule has 0 aliphatic carbocycles. The van der Waals surface area contributed by atoms with Crippen molar-refractivity contribution in [3.63, 3.8) is 0 Å². The van der Waals surface area contributed by atoms with Gasteiger partial charge in [-0.3, -0.25) is 14.4 Å². The van der Waals surface area contributed by atoms with E-state index in [0.717, 1.165) is 0 Å². The van der Waals surface area contributed by atoms with E-state index in [1.54, 1.807) is 42.5 Å². The molecule has 0 saturated carbocycles. The van der Waals surface area contributed by atoms with Gasteiger partial charge in [-0.2, -0.15) is 0 Å². The molecule has 128 valence electrons. The molecule has 0 spiro atoms. The number of nitrogens with one attached hydrogen (secondary N) is 2. The molecular formula is C18H16N2O5. The second-order valence-electron chi connectivity index (χ2n) is 5.47. The number of anilines is 2. The zero-order valence-corrected chi connectivity index (χ0v) is 13.5. The summed E-state index contributed by atoms with van der Waals surface area (Å²) in [6.45, 7) is 1.26.